The number of nitrogens with zero attached hydrogens (tertiary/aromatic N) is 1. The molecule has 0 saturated heterocycles. The second-order valence-electron chi connectivity index (χ2n) is 2.80. The van der Waals surface area contributed by atoms with Crippen molar-refractivity contribution in [3.8, 4) is 6.07 Å². The lowest BCUT2D eigenvalue weighted by Gasteiger charge is -2.02. The monoisotopic (exact) mass is 181 g/mol. The molecule has 13 heavy (non-hydrogen) atoms. The van der Waals surface area contributed by atoms with Crippen molar-refractivity contribution in [2.24, 2.45) is 5.92 Å². The second-order valence-corrected chi connectivity index (χ2v) is 2.80. The maximum atomic E-state index is 11.1. The molecule has 0 fully saturated rings. The van der Waals surface area contributed by atoms with E-state index < -0.39 is 5.97 Å². The third-order valence-electron chi connectivity index (χ3n) is 1.71. The van der Waals surface area contributed by atoms with E-state index in [1.165, 1.54) is 0 Å². The molecular weight excluding hydrogens is 166 g/mol. The SMILES string of the molecule is CCOC(=O)/C(C#N)=C/C(C)CC. The van der Waals surface area contributed by atoms with Crippen molar-refractivity contribution in [1.29, 1.82) is 5.26 Å². The molecule has 3 heteroatoms. The Morgan fingerprint density at radius 3 is 2.62 bits per heavy atom. The average molecular weight is 181 g/mol. The van der Waals surface area contributed by atoms with Gasteiger partial charge in [-0.3, -0.25) is 0 Å². The summed E-state index contributed by atoms with van der Waals surface area (Å²) in [6.45, 7) is 5.98. The lowest BCUT2D eigenvalue weighted by molar-refractivity contribution is -0.138. The lowest BCUT2D eigenvalue weighted by Crippen LogP contribution is -2.07. The molecule has 0 amide bonds. The molecule has 0 saturated carbocycles. The Morgan fingerprint density at radius 2 is 2.23 bits per heavy atom. The van der Waals surface area contributed by atoms with Gasteiger partial charge in [-0.15, -0.1) is 0 Å². The number of nitriles is 1. The summed E-state index contributed by atoms with van der Waals surface area (Å²) in [7, 11) is 0. The minimum Gasteiger partial charge on any atom is -0.462 e. The lowest BCUT2D eigenvalue weighted by atomic mass is 10.1. The number of esters is 1. The van der Waals surface area contributed by atoms with Crippen LogP contribution in [0.2, 0.25) is 0 Å². The zero-order chi connectivity index (χ0) is 10.3. The molecule has 0 aliphatic heterocycles. The molecule has 0 aliphatic rings. The zero-order valence-electron chi connectivity index (χ0n) is 8.33. The normalized spacial score (nSPS) is 13.2. The minimum absolute atomic E-state index is 0.108. The Kier molecular flexibility index (Phi) is 5.62. The van der Waals surface area contributed by atoms with Gasteiger partial charge in [0.1, 0.15) is 11.6 Å². The molecule has 0 rings (SSSR count). The quantitative estimate of drug-likeness (QED) is 0.379. The highest BCUT2D eigenvalue weighted by molar-refractivity contribution is 5.92. The van der Waals surface area contributed by atoms with Crippen molar-refractivity contribution >= 4 is 5.97 Å². The van der Waals surface area contributed by atoms with E-state index in [1.54, 1.807) is 13.0 Å². The molecule has 72 valence electrons. The van der Waals surface area contributed by atoms with Crippen LogP contribution in [-0.2, 0) is 9.53 Å². The molecule has 1 atom stereocenters. The first kappa shape index (κ1) is 11.7. The highest BCUT2D eigenvalue weighted by Gasteiger charge is 2.10. The summed E-state index contributed by atoms with van der Waals surface area (Å²) >= 11 is 0. The van der Waals surface area contributed by atoms with Crippen LogP contribution in [-0.4, -0.2) is 12.6 Å². The number of hydrogen-bond donors (Lipinski definition) is 0. The Balaban J connectivity index is 4.43. The highest BCUT2D eigenvalue weighted by atomic mass is 16.5. The number of carbonyl (C=O) groups excluding carboxylic acids is 1. The van der Waals surface area contributed by atoms with Crippen molar-refractivity contribution in [3.63, 3.8) is 0 Å². The molecule has 0 radical (unpaired) electrons. The highest BCUT2D eigenvalue weighted by Crippen LogP contribution is 2.07. The van der Waals surface area contributed by atoms with Crippen LogP contribution in [0.5, 0.6) is 0 Å². The summed E-state index contributed by atoms with van der Waals surface area (Å²) in [6, 6.07) is 1.84. The van der Waals surface area contributed by atoms with E-state index in [2.05, 4.69) is 0 Å². The molecule has 0 aromatic carbocycles. The zero-order valence-corrected chi connectivity index (χ0v) is 8.33. The van der Waals surface area contributed by atoms with Gasteiger partial charge in [0.2, 0.25) is 0 Å². The van der Waals surface area contributed by atoms with Gasteiger partial charge in [-0.2, -0.15) is 5.26 Å². The smallest absolute Gasteiger partial charge is 0.348 e. The summed E-state index contributed by atoms with van der Waals surface area (Å²) in [5, 5.41) is 8.65. The van der Waals surface area contributed by atoms with Gasteiger partial charge >= 0.3 is 5.97 Å². The number of ether oxygens (including phenoxy) is 1. The van der Waals surface area contributed by atoms with E-state index in [9.17, 15) is 4.79 Å². The van der Waals surface area contributed by atoms with E-state index in [0.29, 0.717) is 6.61 Å². The van der Waals surface area contributed by atoms with Gasteiger partial charge in [0, 0.05) is 0 Å². The standard InChI is InChI=1S/C10H15NO2/c1-4-8(3)6-9(7-11)10(12)13-5-2/h6,8H,4-5H2,1-3H3/b9-6+. The summed E-state index contributed by atoms with van der Waals surface area (Å²) in [5.74, 6) is -0.288. The Bertz CT molecular complexity index is 238. The van der Waals surface area contributed by atoms with Gasteiger partial charge in [-0.25, -0.2) is 4.79 Å². The van der Waals surface area contributed by atoms with E-state index in [-0.39, 0.29) is 11.5 Å². The van der Waals surface area contributed by atoms with Gasteiger partial charge in [-0.1, -0.05) is 26.3 Å². The van der Waals surface area contributed by atoms with Gasteiger partial charge < -0.3 is 4.74 Å². The van der Waals surface area contributed by atoms with Crippen molar-refractivity contribution in [2.75, 3.05) is 6.61 Å². The molecule has 0 heterocycles. The number of allylic oxidation sites excluding steroid dienone is 1. The predicted molar refractivity (Wildman–Crippen MR) is 49.8 cm³/mol. The molecule has 0 aromatic rings. The van der Waals surface area contributed by atoms with Crippen LogP contribution in [0.25, 0.3) is 0 Å². The van der Waals surface area contributed by atoms with Crippen LogP contribution in [0.3, 0.4) is 0 Å². The van der Waals surface area contributed by atoms with Crippen molar-refractivity contribution in [2.45, 2.75) is 27.2 Å². The van der Waals surface area contributed by atoms with Crippen LogP contribution in [0.15, 0.2) is 11.6 Å². The van der Waals surface area contributed by atoms with Crippen LogP contribution in [0.1, 0.15) is 27.2 Å². The minimum atomic E-state index is -0.523. The Labute approximate surface area is 79.0 Å². The fourth-order valence-electron chi connectivity index (χ4n) is 0.762. The van der Waals surface area contributed by atoms with Crippen molar-refractivity contribution in [3.05, 3.63) is 11.6 Å². The van der Waals surface area contributed by atoms with E-state index >= 15 is 0 Å². The van der Waals surface area contributed by atoms with Crippen molar-refractivity contribution in [1.82, 2.24) is 0 Å². The van der Waals surface area contributed by atoms with Gasteiger partial charge in [0.05, 0.1) is 6.61 Å². The third-order valence-corrected chi connectivity index (χ3v) is 1.71. The molecule has 3 nitrogen and oxygen atoms in total. The molecule has 1 unspecified atom stereocenters. The first-order valence-electron chi connectivity index (χ1n) is 4.44. The number of rotatable bonds is 4. The first-order chi connectivity index (χ1) is 6.15. The van der Waals surface area contributed by atoms with Crippen LogP contribution in [0.4, 0.5) is 0 Å². The molecule has 0 aliphatic carbocycles. The van der Waals surface area contributed by atoms with E-state index in [1.807, 2.05) is 19.9 Å². The first-order valence-corrected chi connectivity index (χ1v) is 4.44. The predicted octanol–water partition coefficient (Wildman–Crippen LogP) is 2.05. The van der Waals surface area contributed by atoms with Crippen LogP contribution >= 0.6 is 0 Å². The van der Waals surface area contributed by atoms with Gasteiger partial charge in [-0.05, 0) is 12.8 Å². The maximum absolute atomic E-state index is 11.1. The van der Waals surface area contributed by atoms with Gasteiger partial charge in [0.15, 0.2) is 0 Å². The average Bonchev–Trinajstić information content (AvgIpc) is 2.14. The maximum Gasteiger partial charge on any atom is 0.348 e. The Morgan fingerprint density at radius 1 is 1.62 bits per heavy atom. The molecule has 0 N–H and O–H groups in total. The summed E-state index contributed by atoms with van der Waals surface area (Å²) in [4.78, 5) is 11.1. The van der Waals surface area contributed by atoms with Crippen LogP contribution in [0, 0.1) is 17.2 Å². The van der Waals surface area contributed by atoms with E-state index in [4.69, 9.17) is 10.00 Å². The Hall–Kier alpha value is -1.30. The largest absolute Gasteiger partial charge is 0.462 e. The third kappa shape index (κ3) is 4.32. The molecular formula is C10H15NO2. The summed E-state index contributed by atoms with van der Waals surface area (Å²) < 4.78 is 4.71. The summed E-state index contributed by atoms with van der Waals surface area (Å²) in [5.41, 5.74) is 0.108. The molecule has 0 spiro atoms. The van der Waals surface area contributed by atoms with Crippen LogP contribution < -0.4 is 0 Å². The fraction of sp³-hybridized carbons (Fsp3) is 0.600. The van der Waals surface area contributed by atoms with E-state index in [0.717, 1.165) is 6.42 Å². The topological polar surface area (TPSA) is 50.1 Å². The fourth-order valence-corrected chi connectivity index (χ4v) is 0.762. The van der Waals surface area contributed by atoms with Crippen molar-refractivity contribution < 1.29 is 9.53 Å². The second kappa shape index (κ2) is 6.24. The molecule has 0 bridgehead atoms. The number of carbonyl (C=O) groups is 1. The van der Waals surface area contributed by atoms with Gasteiger partial charge in [0.25, 0.3) is 0 Å². The summed E-state index contributed by atoms with van der Waals surface area (Å²) in [6.07, 6.45) is 2.56. The number of hydrogen-bond acceptors (Lipinski definition) is 3. The molecule has 0 aromatic heterocycles.